The van der Waals surface area contributed by atoms with Crippen LogP contribution in [0.5, 0.6) is 0 Å². The molecule has 0 saturated carbocycles. The highest BCUT2D eigenvalue weighted by atomic mass is 79.9. The van der Waals surface area contributed by atoms with Crippen molar-refractivity contribution in [3.05, 3.63) is 34.3 Å². The van der Waals surface area contributed by atoms with E-state index in [0.29, 0.717) is 5.92 Å². The second-order valence-corrected chi connectivity index (χ2v) is 6.00. The lowest BCUT2D eigenvalue weighted by molar-refractivity contribution is 0.157. The van der Waals surface area contributed by atoms with Gasteiger partial charge < -0.3 is 15.0 Å². The second-order valence-electron chi connectivity index (χ2n) is 5.08. The Bertz CT molecular complexity index is 447. The molecule has 1 unspecified atom stereocenters. The molecule has 1 heterocycles. The number of ether oxygens (including phenoxy) is 1. The molecule has 110 valence electrons. The van der Waals surface area contributed by atoms with Crippen LogP contribution < -0.4 is 5.32 Å². The van der Waals surface area contributed by atoms with E-state index in [0.717, 1.165) is 36.7 Å². The number of hydrogen-bond donors (Lipinski definition) is 1. The van der Waals surface area contributed by atoms with Gasteiger partial charge in [-0.05, 0) is 24.1 Å². The topological polar surface area (TPSA) is 36.9 Å². The van der Waals surface area contributed by atoms with Gasteiger partial charge in [0.05, 0.1) is 6.61 Å². The Morgan fingerprint density at radius 3 is 2.85 bits per heavy atom. The van der Waals surface area contributed by atoms with Crippen molar-refractivity contribution in [1.29, 1.82) is 0 Å². The van der Waals surface area contributed by atoms with Crippen LogP contribution in [-0.4, -0.2) is 44.7 Å². The van der Waals surface area contributed by atoms with E-state index < -0.39 is 0 Å². The van der Waals surface area contributed by atoms with Gasteiger partial charge in [-0.15, -0.1) is 0 Å². The number of likely N-dealkylation sites (tertiary alicyclic amines) is 1. The Morgan fingerprint density at radius 1 is 1.45 bits per heavy atom. The molecular formula is C15H22BrN3O. The zero-order chi connectivity index (χ0) is 14.4. The first-order valence-corrected chi connectivity index (χ1v) is 7.71. The zero-order valence-electron chi connectivity index (χ0n) is 12.1. The predicted molar refractivity (Wildman–Crippen MR) is 85.9 cm³/mol. The van der Waals surface area contributed by atoms with Crippen LogP contribution >= 0.6 is 15.9 Å². The summed E-state index contributed by atoms with van der Waals surface area (Å²) in [6.45, 7) is 3.70. The minimum Gasteiger partial charge on any atom is -0.384 e. The Hall–Kier alpha value is -1.07. The van der Waals surface area contributed by atoms with E-state index in [1.807, 2.05) is 7.05 Å². The Labute approximate surface area is 129 Å². The van der Waals surface area contributed by atoms with Crippen LogP contribution in [0.2, 0.25) is 0 Å². The molecule has 4 nitrogen and oxygen atoms in total. The number of guanidine groups is 1. The highest BCUT2D eigenvalue weighted by Crippen LogP contribution is 2.16. The van der Waals surface area contributed by atoms with E-state index in [2.05, 4.69) is 55.4 Å². The minimum absolute atomic E-state index is 0.617. The lowest BCUT2D eigenvalue weighted by atomic mass is 10.1. The maximum atomic E-state index is 5.24. The van der Waals surface area contributed by atoms with Crippen LogP contribution in [0.4, 0.5) is 0 Å². The molecule has 0 bridgehead atoms. The van der Waals surface area contributed by atoms with Crippen molar-refractivity contribution < 1.29 is 4.74 Å². The van der Waals surface area contributed by atoms with Crippen molar-refractivity contribution in [1.82, 2.24) is 10.2 Å². The maximum Gasteiger partial charge on any atom is 0.193 e. The lowest BCUT2D eigenvalue weighted by Gasteiger charge is -2.21. The molecule has 1 aliphatic rings. The number of hydrogen-bond acceptors (Lipinski definition) is 2. The summed E-state index contributed by atoms with van der Waals surface area (Å²) < 4.78 is 6.34. The third-order valence-corrected chi connectivity index (χ3v) is 4.09. The quantitative estimate of drug-likeness (QED) is 0.676. The molecule has 0 spiro atoms. The Morgan fingerprint density at radius 2 is 2.20 bits per heavy atom. The van der Waals surface area contributed by atoms with E-state index in [1.165, 1.54) is 12.0 Å². The number of benzene rings is 1. The molecule has 1 aromatic carbocycles. The fraction of sp³-hybridized carbons (Fsp3) is 0.533. The summed E-state index contributed by atoms with van der Waals surface area (Å²) in [4.78, 5) is 6.69. The first-order valence-electron chi connectivity index (χ1n) is 6.92. The minimum atomic E-state index is 0.617. The molecule has 0 radical (unpaired) electrons. The molecule has 0 amide bonds. The van der Waals surface area contributed by atoms with Gasteiger partial charge in [0.1, 0.15) is 0 Å². The number of methoxy groups -OCH3 is 1. The fourth-order valence-corrected chi connectivity index (χ4v) is 2.78. The summed E-state index contributed by atoms with van der Waals surface area (Å²) in [6, 6.07) is 8.35. The van der Waals surface area contributed by atoms with E-state index in [9.17, 15) is 0 Å². The van der Waals surface area contributed by atoms with Crippen molar-refractivity contribution >= 4 is 21.9 Å². The predicted octanol–water partition coefficient (Wildman–Crippen LogP) is 2.49. The fourth-order valence-electron chi connectivity index (χ4n) is 2.51. The molecule has 20 heavy (non-hydrogen) atoms. The molecule has 5 heteroatoms. The summed E-state index contributed by atoms with van der Waals surface area (Å²) in [7, 11) is 3.61. The van der Waals surface area contributed by atoms with Gasteiger partial charge in [0.15, 0.2) is 5.96 Å². The number of rotatable bonds is 4. The molecule has 2 rings (SSSR count). The van der Waals surface area contributed by atoms with E-state index in [1.54, 1.807) is 7.11 Å². The number of aliphatic imine (C=N–C) groups is 1. The average Bonchev–Trinajstić information content (AvgIpc) is 2.91. The van der Waals surface area contributed by atoms with Crippen LogP contribution in [0, 0.1) is 5.92 Å². The number of nitrogens with one attached hydrogen (secondary N) is 1. The van der Waals surface area contributed by atoms with Crippen LogP contribution in [0.1, 0.15) is 12.0 Å². The van der Waals surface area contributed by atoms with Crippen LogP contribution in [0.3, 0.4) is 0 Å². The molecule has 0 aromatic heterocycles. The normalized spacial score (nSPS) is 19.4. The van der Waals surface area contributed by atoms with Crippen molar-refractivity contribution in [3.8, 4) is 0 Å². The molecule has 1 fully saturated rings. The highest BCUT2D eigenvalue weighted by Gasteiger charge is 2.24. The largest absolute Gasteiger partial charge is 0.384 e. The van der Waals surface area contributed by atoms with Gasteiger partial charge >= 0.3 is 0 Å². The molecular weight excluding hydrogens is 318 g/mol. The van der Waals surface area contributed by atoms with E-state index in [4.69, 9.17) is 4.74 Å². The van der Waals surface area contributed by atoms with Gasteiger partial charge in [-0.3, -0.25) is 4.99 Å². The molecule has 1 aliphatic heterocycles. The standard InChI is InChI=1S/C15H22BrN3O/c1-17-15(19-8-7-13(10-19)11-20-2)18-9-12-3-5-14(16)6-4-12/h3-6,13H,7-11H2,1-2H3,(H,17,18). The summed E-state index contributed by atoms with van der Waals surface area (Å²) in [5.41, 5.74) is 1.25. The number of halogens is 1. The van der Waals surface area contributed by atoms with Crippen molar-refractivity contribution in [2.45, 2.75) is 13.0 Å². The second kappa shape index (κ2) is 7.64. The Balaban J connectivity index is 1.85. The lowest BCUT2D eigenvalue weighted by Crippen LogP contribution is -2.39. The third-order valence-electron chi connectivity index (χ3n) is 3.56. The summed E-state index contributed by atoms with van der Waals surface area (Å²) in [6.07, 6.45) is 1.17. The van der Waals surface area contributed by atoms with Crippen molar-refractivity contribution in [2.75, 3.05) is 33.9 Å². The average molecular weight is 340 g/mol. The molecule has 1 atom stereocenters. The summed E-state index contributed by atoms with van der Waals surface area (Å²) in [5, 5.41) is 3.43. The first-order chi connectivity index (χ1) is 9.72. The van der Waals surface area contributed by atoms with Crippen molar-refractivity contribution in [2.24, 2.45) is 10.9 Å². The molecule has 1 aromatic rings. The monoisotopic (exact) mass is 339 g/mol. The third kappa shape index (κ3) is 4.21. The van der Waals surface area contributed by atoms with Gasteiger partial charge in [0, 0.05) is 44.2 Å². The van der Waals surface area contributed by atoms with E-state index >= 15 is 0 Å². The number of nitrogens with zero attached hydrogens (tertiary/aromatic N) is 2. The van der Waals surface area contributed by atoms with Crippen LogP contribution in [0.25, 0.3) is 0 Å². The van der Waals surface area contributed by atoms with Crippen LogP contribution in [0.15, 0.2) is 33.7 Å². The van der Waals surface area contributed by atoms with Crippen molar-refractivity contribution in [3.63, 3.8) is 0 Å². The van der Waals surface area contributed by atoms with Gasteiger partial charge in [-0.25, -0.2) is 0 Å². The SMILES string of the molecule is CN=C(NCc1ccc(Br)cc1)N1CCC(COC)C1. The Kier molecular flexibility index (Phi) is 5.86. The first kappa shape index (κ1) is 15.3. The van der Waals surface area contributed by atoms with Gasteiger partial charge in [0.25, 0.3) is 0 Å². The summed E-state index contributed by atoms with van der Waals surface area (Å²) >= 11 is 3.45. The van der Waals surface area contributed by atoms with Gasteiger partial charge in [-0.2, -0.15) is 0 Å². The summed E-state index contributed by atoms with van der Waals surface area (Å²) in [5.74, 6) is 1.60. The molecule has 1 saturated heterocycles. The van der Waals surface area contributed by atoms with E-state index in [-0.39, 0.29) is 0 Å². The van der Waals surface area contributed by atoms with Gasteiger partial charge in [0.2, 0.25) is 0 Å². The molecule has 0 aliphatic carbocycles. The maximum absolute atomic E-state index is 5.24. The molecule has 1 N–H and O–H groups in total. The van der Waals surface area contributed by atoms with Gasteiger partial charge in [-0.1, -0.05) is 28.1 Å². The zero-order valence-corrected chi connectivity index (χ0v) is 13.7. The smallest absolute Gasteiger partial charge is 0.193 e. The van der Waals surface area contributed by atoms with Crippen LogP contribution in [-0.2, 0) is 11.3 Å². The highest BCUT2D eigenvalue weighted by molar-refractivity contribution is 9.10.